The fraction of sp³-hybridized carbons (Fsp3) is 0.400. The van der Waals surface area contributed by atoms with Gasteiger partial charge in [0.15, 0.2) is 5.13 Å². The predicted molar refractivity (Wildman–Crippen MR) is 134 cm³/mol. The van der Waals surface area contributed by atoms with Crippen LogP contribution >= 0.6 is 11.3 Å². The Bertz CT molecular complexity index is 1490. The van der Waals surface area contributed by atoms with E-state index >= 15 is 4.39 Å². The molecule has 1 aromatic heterocycles. The topological polar surface area (TPSA) is 96.0 Å². The van der Waals surface area contributed by atoms with Crippen molar-refractivity contribution < 1.29 is 49.9 Å². The minimum atomic E-state index is -5.45. The molecule has 2 aliphatic rings. The van der Waals surface area contributed by atoms with Gasteiger partial charge in [0.05, 0.1) is 21.3 Å². The first-order valence-electron chi connectivity index (χ1n) is 12.5. The third-order valence-electron chi connectivity index (χ3n) is 6.69. The number of ether oxygens (including phenoxy) is 1. The molecule has 17 heteroatoms. The summed E-state index contributed by atoms with van der Waals surface area (Å²) < 4.78 is 98.4. The molecule has 3 aromatic rings. The molecule has 42 heavy (non-hydrogen) atoms. The molecule has 2 aromatic carbocycles. The summed E-state index contributed by atoms with van der Waals surface area (Å²) in [6, 6.07) is 6.56. The number of nitrogens with zero attached hydrogens (tertiary/aromatic N) is 3. The van der Waals surface area contributed by atoms with E-state index in [0.717, 1.165) is 61.5 Å². The number of esters is 1. The maximum absolute atomic E-state index is 15.4. The van der Waals surface area contributed by atoms with Crippen molar-refractivity contribution in [1.82, 2.24) is 20.7 Å². The number of likely N-dealkylation sites (tertiary alicyclic amines) is 1. The zero-order chi connectivity index (χ0) is 30.3. The summed E-state index contributed by atoms with van der Waals surface area (Å²) in [6.45, 7) is 2.79. The Morgan fingerprint density at radius 1 is 1.12 bits per heavy atom. The minimum Gasteiger partial charge on any atom is -0.411 e. The summed E-state index contributed by atoms with van der Waals surface area (Å²) in [5.74, 6) is -6.63. The molecular weight excluding hydrogens is 599 g/mol. The van der Waals surface area contributed by atoms with E-state index in [1.165, 1.54) is 12.1 Å². The van der Waals surface area contributed by atoms with E-state index in [4.69, 9.17) is 0 Å². The standard InChI is InChI=1S/C25H22F7N5O4S/c26-17-11-14(3-5-16(17)25(34-22(39)41-35-25)40-20(38)24(30,31)32)13-37(10-9-36-7-1-2-8-36)21-33-18-6-4-15(23(27,28)29)12-19(18)42-21/h3-6,11-12,35H,1-2,7-10,13H2,(H,34,39). The minimum absolute atomic E-state index is 0.0304. The molecule has 1 unspecified atom stereocenters. The summed E-state index contributed by atoms with van der Waals surface area (Å²) in [5, 5.41) is 2.23. The number of carbonyl (C=O) groups is 2. The summed E-state index contributed by atoms with van der Waals surface area (Å²) in [4.78, 5) is 36.0. The van der Waals surface area contributed by atoms with E-state index in [2.05, 4.69) is 19.5 Å². The summed E-state index contributed by atoms with van der Waals surface area (Å²) in [5.41, 5.74) is 0.984. The van der Waals surface area contributed by atoms with Crippen molar-refractivity contribution >= 4 is 38.7 Å². The average Bonchev–Trinajstić information content (AvgIpc) is 3.65. The van der Waals surface area contributed by atoms with E-state index < -0.39 is 47.2 Å². The molecule has 2 saturated heterocycles. The Morgan fingerprint density at radius 2 is 1.86 bits per heavy atom. The van der Waals surface area contributed by atoms with Crippen LogP contribution in [0.5, 0.6) is 0 Å². The molecule has 1 amide bonds. The van der Waals surface area contributed by atoms with Crippen molar-refractivity contribution in [2.75, 3.05) is 31.1 Å². The molecule has 2 fully saturated rings. The second kappa shape index (κ2) is 11.2. The molecule has 3 heterocycles. The average molecular weight is 622 g/mol. The van der Waals surface area contributed by atoms with Crippen LogP contribution in [-0.4, -0.2) is 54.3 Å². The number of hydrogen-bond donors (Lipinski definition) is 2. The van der Waals surface area contributed by atoms with Crippen molar-refractivity contribution in [3.05, 3.63) is 58.9 Å². The van der Waals surface area contributed by atoms with Crippen LogP contribution in [0.4, 0.5) is 40.7 Å². The predicted octanol–water partition coefficient (Wildman–Crippen LogP) is 5.02. The second-order valence-corrected chi connectivity index (χ2v) is 10.7. The van der Waals surface area contributed by atoms with Crippen molar-refractivity contribution in [2.24, 2.45) is 0 Å². The van der Waals surface area contributed by atoms with Gasteiger partial charge in [-0.3, -0.25) is 5.32 Å². The fourth-order valence-corrected chi connectivity index (χ4v) is 5.66. The van der Waals surface area contributed by atoms with Crippen LogP contribution in [0.25, 0.3) is 10.2 Å². The van der Waals surface area contributed by atoms with Gasteiger partial charge in [0.1, 0.15) is 5.82 Å². The highest BCUT2D eigenvalue weighted by Gasteiger charge is 2.53. The van der Waals surface area contributed by atoms with Crippen LogP contribution in [-0.2, 0) is 32.9 Å². The van der Waals surface area contributed by atoms with Crippen LogP contribution in [0.3, 0.4) is 0 Å². The van der Waals surface area contributed by atoms with Crippen LogP contribution in [0.15, 0.2) is 36.4 Å². The van der Waals surface area contributed by atoms with E-state index in [9.17, 15) is 35.9 Å². The first-order valence-corrected chi connectivity index (χ1v) is 13.4. The Kier molecular flexibility index (Phi) is 7.93. The number of anilines is 1. The number of alkyl halides is 6. The lowest BCUT2D eigenvalue weighted by Gasteiger charge is -2.28. The quantitative estimate of drug-likeness (QED) is 0.268. The number of amides is 1. The first kappa shape index (κ1) is 29.8. The van der Waals surface area contributed by atoms with Crippen LogP contribution in [0.1, 0.15) is 29.5 Å². The lowest BCUT2D eigenvalue weighted by atomic mass is 10.1. The Morgan fingerprint density at radius 3 is 2.48 bits per heavy atom. The highest BCUT2D eigenvalue weighted by molar-refractivity contribution is 7.22. The molecule has 1 atom stereocenters. The molecule has 2 N–H and O–H groups in total. The van der Waals surface area contributed by atoms with E-state index in [0.29, 0.717) is 34.0 Å². The highest BCUT2D eigenvalue weighted by atomic mass is 32.1. The molecule has 0 spiro atoms. The van der Waals surface area contributed by atoms with Gasteiger partial charge >= 0.3 is 30.3 Å². The Balaban J connectivity index is 1.43. The summed E-state index contributed by atoms with van der Waals surface area (Å²) in [7, 11) is 0. The number of benzene rings is 2. The van der Waals surface area contributed by atoms with Crippen molar-refractivity contribution in [3.8, 4) is 0 Å². The van der Waals surface area contributed by atoms with E-state index in [-0.39, 0.29) is 6.54 Å². The number of carbonyl (C=O) groups excluding carboxylic acids is 2. The number of fused-ring (bicyclic) bond motifs is 1. The Labute approximate surface area is 237 Å². The van der Waals surface area contributed by atoms with Gasteiger partial charge in [0.25, 0.3) is 0 Å². The van der Waals surface area contributed by atoms with Crippen molar-refractivity contribution in [1.29, 1.82) is 0 Å². The van der Waals surface area contributed by atoms with Gasteiger partial charge in [-0.1, -0.05) is 22.9 Å². The van der Waals surface area contributed by atoms with Gasteiger partial charge in [-0.05, 0) is 61.8 Å². The number of nitrogens with one attached hydrogen (secondary N) is 2. The molecule has 9 nitrogen and oxygen atoms in total. The molecule has 5 rings (SSSR count). The number of aromatic nitrogens is 1. The van der Waals surface area contributed by atoms with Crippen molar-refractivity contribution in [2.45, 2.75) is 37.6 Å². The number of hydrogen-bond acceptors (Lipinski definition) is 9. The highest BCUT2D eigenvalue weighted by Crippen LogP contribution is 2.36. The summed E-state index contributed by atoms with van der Waals surface area (Å²) in [6.07, 6.45) is -9.23. The van der Waals surface area contributed by atoms with Gasteiger partial charge < -0.3 is 19.4 Å². The number of hydroxylamine groups is 1. The monoisotopic (exact) mass is 621 g/mol. The molecular formula is C25H22F7N5O4S. The zero-order valence-corrected chi connectivity index (χ0v) is 22.3. The lowest BCUT2D eigenvalue weighted by molar-refractivity contribution is -0.225. The van der Waals surface area contributed by atoms with Crippen LogP contribution in [0.2, 0.25) is 0 Å². The molecule has 0 radical (unpaired) electrons. The molecule has 226 valence electrons. The van der Waals surface area contributed by atoms with E-state index in [1.807, 2.05) is 5.32 Å². The number of rotatable bonds is 8. The van der Waals surface area contributed by atoms with Gasteiger partial charge in [-0.15, -0.1) is 0 Å². The van der Waals surface area contributed by atoms with Gasteiger partial charge in [0, 0.05) is 19.6 Å². The molecule has 0 aliphatic carbocycles. The molecule has 2 aliphatic heterocycles. The molecule has 0 saturated carbocycles. The third-order valence-corrected chi connectivity index (χ3v) is 7.77. The van der Waals surface area contributed by atoms with Crippen LogP contribution in [0, 0.1) is 5.82 Å². The maximum atomic E-state index is 15.4. The fourth-order valence-electron chi connectivity index (χ4n) is 4.63. The SMILES string of the molecule is O=C1NC(OC(=O)C(F)(F)F)(c2ccc(CN(CCN3CCCC3)c3nc4ccc(C(F)(F)F)cc4s3)cc2F)NO1. The normalized spacial score (nSPS) is 19.6. The lowest BCUT2D eigenvalue weighted by Crippen LogP contribution is -2.52. The van der Waals surface area contributed by atoms with E-state index in [1.54, 1.807) is 10.4 Å². The second-order valence-electron chi connectivity index (χ2n) is 9.65. The smallest absolute Gasteiger partial charge is 0.411 e. The van der Waals surface area contributed by atoms with Crippen LogP contribution < -0.4 is 15.7 Å². The third kappa shape index (κ3) is 6.37. The summed E-state index contributed by atoms with van der Waals surface area (Å²) >= 11 is 1.04. The number of thiazole rings is 1. The largest absolute Gasteiger partial charge is 0.491 e. The first-order chi connectivity index (χ1) is 19.7. The van der Waals surface area contributed by atoms with Gasteiger partial charge in [-0.2, -0.15) is 26.3 Å². The molecule has 0 bridgehead atoms. The Hall–Kier alpha value is -3.70. The van der Waals surface area contributed by atoms with Gasteiger partial charge in [0.2, 0.25) is 0 Å². The number of halogens is 7. The van der Waals surface area contributed by atoms with Gasteiger partial charge in [-0.25, -0.2) is 19.0 Å². The van der Waals surface area contributed by atoms with Crippen molar-refractivity contribution in [3.63, 3.8) is 0 Å². The zero-order valence-electron chi connectivity index (χ0n) is 21.4. The maximum Gasteiger partial charge on any atom is 0.491 e.